The van der Waals surface area contributed by atoms with E-state index in [1.54, 1.807) is 14.2 Å². The molecule has 7 nitrogen and oxygen atoms in total. The summed E-state index contributed by atoms with van der Waals surface area (Å²) in [6.45, 7) is 1.39. The Kier molecular flexibility index (Phi) is 5.33. The Bertz CT molecular complexity index is 1100. The maximum Gasteiger partial charge on any atom is 0.258 e. The van der Waals surface area contributed by atoms with Crippen molar-refractivity contribution < 1.29 is 18.8 Å². The number of aromatic nitrogens is 2. The lowest BCUT2D eigenvalue weighted by molar-refractivity contribution is -0.135. The zero-order valence-corrected chi connectivity index (χ0v) is 18.4. The molecule has 0 bridgehead atoms. The highest BCUT2D eigenvalue weighted by Gasteiger charge is 2.53. The Labute approximate surface area is 187 Å². The maximum atomic E-state index is 13.5. The van der Waals surface area contributed by atoms with Gasteiger partial charge in [-0.05, 0) is 61.6 Å². The van der Waals surface area contributed by atoms with E-state index in [0.29, 0.717) is 18.3 Å². The summed E-state index contributed by atoms with van der Waals surface area (Å²) in [7, 11) is 3.28. The minimum Gasteiger partial charge on any atom is -0.497 e. The average Bonchev–Trinajstić information content (AvgIpc) is 3.52. The molecule has 1 aliphatic heterocycles. The van der Waals surface area contributed by atoms with Crippen LogP contribution in [0.5, 0.6) is 11.5 Å². The van der Waals surface area contributed by atoms with E-state index in [-0.39, 0.29) is 11.8 Å². The number of carbonyl (C=O) groups is 1. The molecule has 5 rings (SSSR count). The van der Waals surface area contributed by atoms with Crippen molar-refractivity contribution in [1.29, 1.82) is 0 Å². The highest BCUT2D eigenvalue weighted by atomic mass is 16.5. The largest absolute Gasteiger partial charge is 0.497 e. The fraction of sp³-hybridized carbons (Fsp3) is 0.400. The van der Waals surface area contributed by atoms with Gasteiger partial charge in [0.1, 0.15) is 11.5 Å². The lowest BCUT2D eigenvalue weighted by Gasteiger charge is -2.34. The number of likely N-dealkylation sites (tertiary alicyclic amines) is 1. The minimum atomic E-state index is -0.392. The number of benzene rings is 2. The van der Waals surface area contributed by atoms with Gasteiger partial charge >= 0.3 is 0 Å². The maximum absolute atomic E-state index is 13.5. The molecule has 2 aromatic carbocycles. The van der Waals surface area contributed by atoms with Gasteiger partial charge in [0.25, 0.3) is 5.89 Å². The fourth-order valence-corrected chi connectivity index (χ4v) is 4.61. The van der Waals surface area contributed by atoms with Crippen molar-refractivity contribution in [2.24, 2.45) is 0 Å². The summed E-state index contributed by atoms with van der Waals surface area (Å²) in [5.41, 5.74) is 1.51. The van der Waals surface area contributed by atoms with Gasteiger partial charge in [0.2, 0.25) is 5.91 Å². The van der Waals surface area contributed by atoms with Crippen LogP contribution in [0.15, 0.2) is 53.1 Å². The molecule has 7 heteroatoms. The number of hydrogen-bond acceptors (Lipinski definition) is 6. The summed E-state index contributed by atoms with van der Waals surface area (Å²) >= 11 is 0. The van der Waals surface area contributed by atoms with Crippen LogP contribution >= 0.6 is 0 Å². The molecule has 1 saturated carbocycles. The van der Waals surface area contributed by atoms with Gasteiger partial charge in [-0.1, -0.05) is 23.4 Å². The van der Waals surface area contributed by atoms with Gasteiger partial charge in [0.15, 0.2) is 5.82 Å². The van der Waals surface area contributed by atoms with Gasteiger partial charge in [0, 0.05) is 24.6 Å². The normalized spacial score (nSPS) is 19.4. The molecule has 1 aliphatic carbocycles. The Morgan fingerprint density at radius 1 is 1.09 bits per heavy atom. The Hall–Kier alpha value is -3.35. The zero-order valence-electron chi connectivity index (χ0n) is 18.4. The van der Waals surface area contributed by atoms with Crippen molar-refractivity contribution in [2.75, 3.05) is 27.3 Å². The standard InChI is InChI=1S/C25H27N3O4/c1-30-20-10-8-19(9-11-20)25(12-13-25)24(29)28-14-4-6-18(16-28)22-26-23(32-27-22)17-5-3-7-21(15-17)31-2/h3,5,7-11,15,18H,4,6,12-14,16H2,1-2H3/t18-/m1/s1. The van der Waals surface area contributed by atoms with Crippen LogP contribution in [0.2, 0.25) is 0 Å². The van der Waals surface area contributed by atoms with Crippen LogP contribution in [0, 0.1) is 0 Å². The number of piperidine rings is 1. The molecular formula is C25H27N3O4. The van der Waals surface area contributed by atoms with Crippen LogP contribution in [0.25, 0.3) is 11.5 Å². The van der Waals surface area contributed by atoms with E-state index < -0.39 is 5.41 Å². The molecule has 166 valence electrons. The first-order valence-electron chi connectivity index (χ1n) is 11.0. The lowest BCUT2D eigenvalue weighted by atomic mass is 9.91. The third kappa shape index (κ3) is 3.72. The molecule has 1 saturated heterocycles. The SMILES string of the molecule is COc1ccc(C2(C(=O)N3CCC[C@@H](c4noc(-c5cccc(OC)c5)n4)C3)CC2)cc1. The molecule has 2 aliphatic rings. The quantitative estimate of drug-likeness (QED) is 0.580. The molecule has 1 aromatic heterocycles. The number of hydrogen-bond donors (Lipinski definition) is 0. The number of amides is 1. The third-order valence-electron chi connectivity index (χ3n) is 6.63. The molecule has 0 N–H and O–H groups in total. The topological polar surface area (TPSA) is 77.7 Å². The summed E-state index contributed by atoms with van der Waals surface area (Å²) in [5, 5.41) is 4.24. The molecule has 2 heterocycles. The number of nitrogens with zero attached hydrogens (tertiary/aromatic N) is 3. The lowest BCUT2D eigenvalue weighted by Crippen LogP contribution is -2.44. The van der Waals surface area contributed by atoms with Crippen molar-refractivity contribution in [2.45, 2.75) is 37.0 Å². The number of methoxy groups -OCH3 is 2. The van der Waals surface area contributed by atoms with Gasteiger partial charge in [-0.25, -0.2) is 0 Å². The molecule has 3 aromatic rings. The molecule has 32 heavy (non-hydrogen) atoms. The van der Waals surface area contributed by atoms with Crippen LogP contribution < -0.4 is 9.47 Å². The second-order valence-corrected chi connectivity index (χ2v) is 8.59. The van der Waals surface area contributed by atoms with Gasteiger partial charge in [-0.3, -0.25) is 4.79 Å². The average molecular weight is 434 g/mol. The first kappa shape index (κ1) is 20.5. The van der Waals surface area contributed by atoms with Crippen LogP contribution in [-0.4, -0.2) is 48.3 Å². The summed E-state index contributed by atoms with van der Waals surface area (Å²) < 4.78 is 16.1. The summed E-state index contributed by atoms with van der Waals surface area (Å²) in [4.78, 5) is 20.2. The first-order chi connectivity index (χ1) is 15.6. The fourth-order valence-electron chi connectivity index (χ4n) is 4.61. The minimum absolute atomic E-state index is 0.0717. The van der Waals surface area contributed by atoms with E-state index in [1.165, 1.54) is 0 Å². The molecule has 2 fully saturated rings. The van der Waals surface area contributed by atoms with E-state index in [0.717, 1.165) is 54.9 Å². The van der Waals surface area contributed by atoms with Crippen LogP contribution in [0.1, 0.15) is 43.0 Å². The highest BCUT2D eigenvalue weighted by Crippen LogP contribution is 2.50. The number of rotatable bonds is 6. The number of carbonyl (C=O) groups excluding carboxylic acids is 1. The molecule has 0 radical (unpaired) electrons. The summed E-state index contributed by atoms with van der Waals surface area (Å²) in [6.07, 6.45) is 3.65. The van der Waals surface area contributed by atoms with E-state index in [4.69, 9.17) is 14.0 Å². The summed E-state index contributed by atoms with van der Waals surface area (Å²) in [6, 6.07) is 15.5. The zero-order chi connectivity index (χ0) is 22.1. The van der Waals surface area contributed by atoms with E-state index >= 15 is 0 Å². The van der Waals surface area contributed by atoms with Crippen LogP contribution in [-0.2, 0) is 10.2 Å². The molecule has 0 unspecified atom stereocenters. The first-order valence-corrected chi connectivity index (χ1v) is 11.0. The van der Waals surface area contributed by atoms with Crippen molar-refractivity contribution in [3.63, 3.8) is 0 Å². The molecular weight excluding hydrogens is 406 g/mol. The van der Waals surface area contributed by atoms with Crippen molar-refractivity contribution in [3.05, 3.63) is 59.9 Å². The van der Waals surface area contributed by atoms with E-state index in [9.17, 15) is 4.79 Å². The van der Waals surface area contributed by atoms with Gasteiger partial charge in [0.05, 0.1) is 19.6 Å². The van der Waals surface area contributed by atoms with Gasteiger partial charge < -0.3 is 18.9 Å². The van der Waals surface area contributed by atoms with Crippen molar-refractivity contribution in [1.82, 2.24) is 15.0 Å². The van der Waals surface area contributed by atoms with Gasteiger partial charge in [-0.15, -0.1) is 0 Å². The Morgan fingerprint density at radius 3 is 2.59 bits per heavy atom. The second kappa shape index (κ2) is 8.30. The Morgan fingerprint density at radius 2 is 1.88 bits per heavy atom. The molecule has 0 spiro atoms. The van der Waals surface area contributed by atoms with Crippen LogP contribution in [0.3, 0.4) is 0 Å². The van der Waals surface area contributed by atoms with E-state index in [2.05, 4.69) is 10.1 Å². The number of ether oxygens (including phenoxy) is 2. The van der Waals surface area contributed by atoms with Crippen molar-refractivity contribution >= 4 is 5.91 Å². The van der Waals surface area contributed by atoms with Crippen molar-refractivity contribution in [3.8, 4) is 23.0 Å². The third-order valence-corrected chi connectivity index (χ3v) is 6.63. The Balaban J connectivity index is 1.31. The predicted molar refractivity (Wildman–Crippen MR) is 119 cm³/mol. The molecule has 1 atom stereocenters. The van der Waals surface area contributed by atoms with E-state index in [1.807, 2.05) is 53.4 Å². The highest BCUT2D eigenvalue weighted by molar-refractivity contribution is 5.91. The van der Waals surface area contributed by atoms with Crippen LogP contribution in [0.4, 0.5) is 0 Å². The van der Waals surface area contributed by atoms with Gasteiger partial charge in [-0.2, -0.15) is 4.98 Å². The monoisotopic (exact) mass is 433 g/mol. The summed E-state index contributed by atoms with van der Waals surface area (Å²) in [5.74, 6) is 2.96. The second-order valence-electron chi connectivity index (χ2n) is 8.59. The molecule has 1 amide bonds. The smallest absolute Gasteiger partial charge is 0.258 e. The predicted octanol–water partition coefficient (Wildman–Crippen LogP) is 4.19.